The molecule has 3 aromatic rings. The Kier molecular flexibility index (Phi) is 3.99. The summed E-state index contributed by atoms with van der Waals surface area (Å²) >= 11 is 0. The van der Waals surface area contributed by atoms with Gasteiger partial charge < -0.3 is 4.74 Å². The van der Waals surface area contributed by atoms with Crippen molar-refractivity contribution in [3.63, 3.8) is 0 Å². The van der Waals surface area contributed by atoms with E-state index in [0.29, 0.717) is 5.56 Å². The minimum atomic E-state index is 0.586. The zero-order chi connectivity index (χ0) is 16.4. The first-order valence-electron chi connectivity index (χ1n) is 8.04. The Balaban J connectivity index is 1.48. The van der Waals surface area contributed by atoms with Crippen LogP contribution in [0.2, 0.25) is 0 Å². The maximum Gasteiger partial charge on any atom is 0.103 e. The van der Waals surface area contributed by atoms with Crippen LogP contribution >= 0.6 is 0 Å². The molecule has 0 atom stereocenters. The van der Waals surface area contributed by atoms with Crippen molar-refractivity contribution in [2.24, 2.45) is 0 Å². The second-order valence-electron chi connectivity index (χ2n) is 5.86. The van der Waals surface area contributed by atoms with Crippen LogP contribution in [0.3, 0.4) is 0 Å². The van der Waals surface area contributed by atoms with E-state index in [2.05, 4.69) is 27.4 Å². The van der Waals surface area contributed by atoms with Gasteiger partial charge in [0.1, 0.15) is 6.07 Å². The number of hydrogen-bond acceptors (Lipinski definition) is 5. The smallest absolute Gasteiger partial charge is 0.103 e. The molecule has 1 saturated heterocycles. The first kappa shape index (κ1) is 14.9. The number of morpholine rings is 1. The fraction of sp³-hybridized carbons (Fsp3) is 0.353. The number of rotatable bonds is 4. The van der Waals surface area contributed by atoms with Crippen molar-refractivity contribution in [2.75, 3.05) is 32.8 Å². The van der Waals surface area contributed by atoms with E-state index in [1.807, 2.05) is 29.2 Å². The molecule has 3 aromatic heterocycles. The maximum atomic E-state index is 9.05. The Bertz CT molecular complexity index is 884. The van der Waals surface area contributed by atoms with Crippen LogP contribution in [-0.2, 0) is 11.3 Å². The Morgan fingerprint density at radius 2 is 1.92 bits per heavy atom. The van der Waals surface area contributed by atoms with E-state index in [0.717, 1.165) is 56.0 Å². The molecular weight excluding hydrogens is 304 g/mol. The minimum absolute atomic E-state index is 0.586. The van der Waals surface area contributed by atoms with Gasteiger partial charge in [-0.15, -0.1) is 0 Å². The Hall–Kier alpha value is -2.69. The molecule has 24 heavy (non-hydrogen) atoms. The first-order chi connectivity index (χ1) is 11.8. The summed E-state index contributed by atoms with van der Waals surface area (Å²) in [5, 5.41) is 17.7. The fourth-order valence-electron chi connectivity index (χ4n) is 2.94. The third-order valence-electron chi connectivity index (χ3n) is 4.35. The summed E-state index contributed by atoms with van der Waals surface area (Å²) in [6.07, 6.45) is 7.44. The minimum Gasteiger partial charge on any atom is -0.379 e. The average Bonchev–Trinajstić information content (AvgIpc) is 3.27. The lowest BCUT2D eigenvalue weighted by molar-refractivity contribution is 0.0360. The second kappa shape index (κ2) is 6.43. The summed E-state index contributed by atoms with van der Waals surface area (Å²) in [5.74, 6) is 0. The molecule has 0 unspecified atom stereocenters. The normalized spacial score (nSPS) is 15.6. The highest BCUT2D eigenvalue weighted by atomic mass is 16.5. The Morgan fingerprint density at radius 3 is 2.75 bits per heavy atom. The summed E-state index contributed by atoms with van der Waals surface area (Å²) in [7, 11) is 0. The van der Waals surface area contributed by atoms with Crippen LogP contribution in [0.25, 0.3) is 16.6 Å². The molecular formula is C17H18N6O. The largest absolute Gasteiger partial charge is 0.379 e. The zero-order valence-electron chi connectivity index (χ0n) is 13.3. The number of nitrogens with zero attached hydrogens (tertiary/aromatic N) is 6. The van der Waals surface area contributed by atoms with Crippen molar-refractivity contribution in [1.29, 1.82) is 5.26 Å². The summed E-state index contributed by atoms with van der Waals surface area (Å²) in [6.45, 7) is 5.46. The number of fused-ring (bicyclic) bond motifs is 1. The van der Waals surface area contributed by atoms with Crippen molar-refractivity contribution in [3.8, 4) is 17.2 Å². The third-order valence-corrected chi connectivity index (χ3v) is 4.35. The van der Waals surface area contributed by atoms with Crippen LogP contribution in [0.15, 0.2) is 36.9 Å². The quantitative estimate of drug-likeness (QED) is 0.726. The molecule has 4 rings (SSSR count). The van der Waals surface area contributed by atoms with Gasteiger partial charge in [0.15, 0.2) is 0 Å². The third kappa shape index (κ3) is 2.89. The van der Waals surface area contributed by atoms with Crippen LogP contribution in [0.5, 0.6) is 0 Å². The molecule has 0 amide bonds. The summed E-state index contributed by atoms with van der Waals surface area (Å²) < 4.78 is 9.07. The summed E-state index contributed by atoms with van der Waals surface area (Å²) in [4.78, 5) is 2.39. The van der Waals surface area contributed by atoms with Crippen LogP contribution in [0, 0.1) is 11.3 Å². The molecule has 0 aliphatic carbocycles. The number of hydrogen-bond donors (Lipinski definition) is 0. The SMILES string of the molecule is N#Cc1cnn2cc(-c3cnn(CCN4CCOCC4)c3)ccc12. The van der Waals surface area contributed by atoms with Crippen molar-refractivity contribution >= 4 is 5.52 Å². The highest BCUT2D eigenvalue weighted by molar-refractivity contribution is 5.67. The molecule has 0 saturated carbocycles. The van der Waals surface area contributed by atoms with Crippen LogP contribution in [0.4, 0.5) is 0 Å². The molecule has 1 aliphatic rings. The lowest BCUT2D eigenvalue weighted by atomic mass is 10.1. The molecule has 0 bridgehead atoms. The van der Waals surface area contributed by atoms with Gasteiger partial charge in [0.05, 0.1) is 43.2 Å². The predicted molar refractivity (Wildman–Crippen MR) is 88.4 cm³/mol. The van der Waals surface area contributed by atoms with Gasteiger partial charge in [-0.05, 0) is 6.07 Å². The second-order valence-corrected chi connectivity index (χ2v) is 5.86. The standard InChI is InChI=1S/C17H18N6O/c18-9-15-10-20-23-13-14(1-2-17(15)23)16-11-19-22(12-16)4-3-21-5-7-24-8-6-21/h1-2,10-13H,3-8H2. The van der Waals surface area contributed by atoms with Gasteiger partial charge >= 0.3 is 0 Å². The van der Waals surface area contributed by atoms with Gasteiger partial charge in [0, 0.05) is 43.2 Å². The van der Waals surface area contributed by atoms with Crippen molar-refractivity contribution in [2.45, 2.75) is 6.54 Å². The monoisotopic (exact) mass is 322 g/mol. The van der Waals surface area contributed by atoms with E-state index in [1.165, 1.54) is 0 Å². The number of ether oxygens (including phenoxy) is 1. The molecule has 4 heterocycles. The number of pyridine rings is 1. The van der Waals surface area contributed by atoms with E-state index in [9.17, 15) is 0 Å². The summed E-state index contributed by atoms with van der Waals surface area (Å²) in [6, 6.07) is 6.07. The lowest BCUT2D eigenvalue weighted by Gasteiger charge is -2.26. The van der Waals surface area contributed by atoms with E-state index in [1.54, 1.807) is 10.7 Å². The van der Waals surface area contributed by atoms with Gasteiger partial charge in [-0.25, -0.2) is 4.52 Å². The van der Waals surface area contributed by atoms with Gasteiger partial charge in [-0.1, -0.05) is 6.07 Å². The van der Waals surface area contributed by atoms with Crippen molar-refractivity contribution < 1.29 is 4.74 Å². The first-order valence-corrected chi connectivity index (χ1v) is 8.04. The van der Waals surface area contributed by atoms with E-state index in [4.69, 9.17) is 10.00 Å². The van der Waals surface area contributed by atoms with E-state index >= 15 is 0 Å². The van der Waals surface area contributed by atoms with Gasteiger partial charge in [-0.3, -0.25) is 9.58 Å². The molecule has 0 spiro atoms. The number of nitriles is 1. The van der Waals surface area contributed by atoms with Gasteiger partial charge in [0.2, 0.25) is 0 Å². The average molecular weight is 322 g/mol. The molecule has 7 heteroatoms. The highest BCUT2D eigenvalue weighted by Crippen LogP contribution is 2.20. The van der Waals surface area contributed by atoms with Gasteiger partial charge in [0.25, 0.3) is 0 Å². The van der Waals surface area contributed by atoms with Crippen LogP contribution in [0.1, 0.15) is 5.56 Å². The molecule has 0 aromatic carbocycles. The van der Waals surface area contributed by atoms with Crippen LogP contribution < -0.4 is 0 Å². The van der Waals surface area contributed by atoms with Gasteiger partial charge in [-0.2, -0.15) is 15.5 Å². The lowest BCUT2D eigenvalue weighted by Crippen LogP contribution is -2.38. The summed E-state index contributed by atoms with van der Waals surface area (Å²) in [5.41, 5.74) is 3.49. The molecule has 1 fully saturated rings. The maximum absolute atomic E-state index is 9.05. The molecule has 122 valence electrons. The van der Waals surface area contributed by atoms with Crippen molar-refractivity contribution in [3.05, 3.63) is 42.5 Å². The van der Waals surface area contributed by atoms with Crippen molar-refractivity contribution in [1.82, 2.24) is 24.3 Å². The highest BCUT2D eigenvalue weighted by Gasteiger charge is 2.11. The van der Waals surface area contributed by atoms with Crippen LogP contribution in [-0.4, -0.2) is 57.1 Å². The molecule has 0 radical (unpaired) electrons. The predicted octanol–water partition coefficient (Wildman–Crippen LogP) is 1.40. The fourth-order valence-corrected chi connectivity index (χ4v) is 2.94. The Labute approximate surface area is 139 Å². The van der Waals surface area contributed by atoms with E-state index in [-0.39, 0.29) is 0 Å². The molecule has 0 N–H and O–H groups in total. The Morgan fingerprint density at radius 1 is 1.04 bits per heavy atom. The zero-order valence-corrected chi connectivity index (χ0v) is 13.3. The topological polar surface area (TPSA) is 71.4 Å². The number of aromatic nitrogens is 4. The van der Waals surface area contributed by atoms with E-state index < -0.39 is 0 Å². The molecule has 7 nitrogen and oxygen atoms in total. The molecule has 1 aliphatic heterocycles.